The van der Waals surface area contributed by atoms with Crippen molar-refractivity contribution in [1.29, 1.82) is 0 Å². The van der Waals surface area contributed by atoms with E-state index in [9.17, 15) is 31.1 Å². The summed E-state index contributed by atoms with van der Waals surface area (Å²) in [5.41, 5.74) is -2.54. The van der Waals surface area contributed by atoms with E-state index in [1.807, 2.05) is 0 Å². The molecule has 0 aliphatic heterocycles. The van der Waals surface area contributed by atoms with Gasteiger partial charge in [0, 0.05) is 24.5 Å². The molecule has 0 saturated carbocycles. The molecule has 1 N–H and O–H groups in total. The largest absolute Gasteiger partial charge is 0.496 e. The maximum absolute atomic E-state index is 12.9. The Morgan fingerprint density at radius 2 is 1.50 bits per heavy atom. The smallest absolute Gasteiger partial charge is 0.416 e. The Balaban J connectivity index is 2.34. The minimum absolute atomic E-state index is 0.00972. The third-order valence-electron chi connectivity index (χ3n) is 3.92. The zero-order valence-corrected chi connectivity index (χ0v) is 15.0. The van der Waals surface area contributed by atoms with E-state index in [4.69, 9.17) is 4.74 Å². The SMILES string of the molecule is COc1cc(N(C)C(=O)Nc2cc(C(F)(F)F)cc(C(F)(F)F)c2)ccc1C. The number of carbonyl (C=O) groups is 1. The van der Waals surface area contributed by atoms with E-state index in [0.717, 1.165) is 10.5 Å². The molecule has 0 aliphatic rings. The van der Waals surface area contributed by atoms with Crippen LogP contribution in [-0.2, 0) is 12.4 Å². The average Bonchev–Trinajstić information content (AvgIpc) is 2.59. The van der Waals surface area contributed by atoms with Crippen LogP contribution in [0.1, 0.15) is 16.7 Å². The second-order valence-electron chi connectivity index (χ2n) is 5.94. The van der Waals surface area contributed by atoms with Crippen LogP contribution in [0.4, 0.5) is 42.5 Å². The molecule has 0 aliphatic carbocycles. The number of methoxy groups -OCH3 is 1. The molecule has 152 valence electrons. The van der Waals surface area contributed by atoms with Gasteiger partial charge in [-0.1, -0.05) is 6.07 Å². The number of urea groups is 1. The van der Waals surface area contributed by atoms with E-state index in [0.29, 0.717) is 23.6 Å². The van der Waals surface area contributed by atoms with Gasteiger partial charge >= 0.3 is 18.4 Å². The molecule has 4 nitrogen and oxygen atoms in total. The van der Waals surface area contributed by atoms with Crippen molar-refractivity contribution >= 4 is 17.4 Å². The number of ether oxygens (including phenoxy) is 1. The molecule has 0 atom stereocenters. The van der Waals surface area contributed by atoms with Crippen molar-refractivity contribution in [3.8, 4) is 5.75 Å². The van der Waals surface area contributed by atoms with Crippen LogP contribution in [0.25, 0.3) is 0 Å². The van der Waals surface area contributed by atoms with E-state index in [1.165, 1.54) is 20.2 Å². The maximum atomic E-state index is 12.9. The zero-order valence-electron chi connectivity index (χ0n) is 15.0. The number of aryl methyl sites for hydroxylation is 1. The Morgan fingerprint density at radius 3 is 1.96 bits per heavy atom. The van der Waals surface area contributed by atoms with Crippen LogP contribution in [0.15, 0.2) is 36.4 Å². The molecule has 0 spiro atoms. The first kappa shape index (κ1) is 21.4. The number of carbonyl (C=O) groups excluding carboxylic acids is 1. The lowest BCUT2D eigenvalue weighted by atomic mass is 10.1. The minimum Gasteiger partial charge on any atom is -0.496 e. The zero-order chi connectivity index (χ0) is 21.3. The van der Waals surface area contributed by atoms with Gasteiger partial charge in [0.15, 0.2) is 0 Å². The van der Waals surface area contributed by atoms with Crippen LogP contribution < -0.4 is 15.0 Å². The summed E-state index contributed by atoms with van der Waals surface area (Å²) in [7, 11) is 2.74. The van der Waals surface area contributed by atoms with Gasteiger partial charge in [0.1, 0.15) is 5.75 Å². The number of rotatable bonds is 3. The molecular formula is C18H16F6N2O2. The molecule has 2 amide bonds. The number of benzene rings is 2. The highest BCUT2D eigenvalue weighted by atomic mass is 19.4. The molecule has 0 unspecified atom stereocenters. The van der Waals surface area contributed by atoms with Crippen LogP contribution in [0.2, 0.25) is 0 Å². The fourth-order valence-corrected chi connectivity index (χ4v) is 2.37. The second kappa shape index (κ2) is 7.61. The van der Waals surface area contributed by atoms with Gasteiger partial charge in [-0.2, -0.15) is 26.3 Å². The first-order valence-corrected chi connectivity index (χ1v) is 7.81. The standard InChI is InChI=1S/C18H16F6N2O2/c1-10-4-5-14(9-15(10)28-3)26(2)16(27)25-13-7-11(17(19,20)21)6-12(8-13)18(22,23)24/h4-9H,1-3H3,(H,25,27). The third-order valence-corrected chi connectivity index (χ3v) is 3.92. The molecule has 0 saturated heterocycles. The van der Waals surface area contributed by atoms with E-state index in [2.05, 4.69) is 5.32 Å². The van der Waals surface area contributed by atoms with Crippen LogP contribution >= 0.6 is 0 Å². The minimum atomic E-state index is -5.00. The van der Waals surface area contributed by atoms with Crippen molar-refractivity contribution in [3.05, 3.63) is 53.1 Å². The summed E-state index contributed by atoms with van der Waals surface area (Å²) in [5, 5.41) is 2.06. The predicted molar refractivity (Wildman–Crippen MR) is 91.6 cm³/mol. The molecule has 0 bridgehead atoms. The number of anilines is 2. The Morgan fingerprint density at radius 1 is 0.964 bits per heavy atom. The highest BCUT2D eigenvalue weighted by Crippen LogP contribution is 2.37. The Hall–Kier alpha value is -2.91. The van der Waals surface area contributed by atoms with Gasteiger partial charge in [-0.15, -0.1) is 0 Å². The predicted octanol–water partition coefficient (Wildman–Crippen LogP) is 5.71. The Labute approximate surface area is 156 Å². The quantitative estimate of drug-likeness (QED) is 0.664. The molecule has 0 aromatic heterocycles. The average molecular weight is 406 g/mol. The van der Waals surface area contributed by atoms with E-state index >= 15 is 0 Å². The number of halogens is 6. The lowest BCUT2D eigenvalue weighted by molar-refractivity contribution is -0.143. The van der Waals surface area contributed by atoms with Gasteiger partial charge in [-0.25, -0.2) is 4.79 Å². The summed E-state index contributed by atoms with van der Waals surface area (Å²) in [5.74, 6) is 0.468. The monoisotopic (exact) mass is 406 g/mol. The van der Waals surface area contributed by atoms with Crippen LogP contribution in [0.5, 0.6) is 5.75 Å². The number of alkyl halides is 6. The first-order chi connectivity index (χ1) is 12.8. The highest BCUT2D eigenvalue weighted by molar-refractivity contribution is 6.01. The summed E-state index contributed by atoms with van der Waals surface area (Å²) in [4.78, 5) is 13.4. The molecule has 10 heteroatoms. The molecule has 28 heavy (non-hydrogen) atoms. The Bertz CT molecular complexity index is 845. The fraction of sp³-hybridized carbons (Fsp3) is 0.278. The maximum Gasteiger partial charge on any atom is 0.416 e. The topological polar surface area (TPSA) is 41.6 Å². The molecule has 2 aromatic carbocycles. The second-order valence-corrected chi connectivity index (χ2v) is 5.94. The van der Waals surface area contributed by atoms with Crippen molar-refractivity contribution in [2.75, 3.05) is 24.4 Å². The molecule has 2 aromatic rings. The number of hydrogen-bond donors (Lipinski definition) is 1. The summed E-state index contributed by atoms with van der Waals surface area (Å²) >= 11 is 0. The van der Waals surface area contributed by atoms with E-state index in [-0.39, 0.29) is 6.07 Å². The van der Waals surface area contributed by atoms with Crippen LogP contribution in [0.3, 0.4) is 0 Å². The lowest BCUT2D eigenvalue weighted by Gasteiger charge is -2.20. The van der Waals surface area contributed by atoms with Gasteiger partial charge in [-0.3, -0.25) is 4.90 Å². The van der Waals surface area contributed by atoms with E-state index in [1.54, 1.807) is 19.1 Å². The van der Waals surface area contributed by atoms with Crippen molar-refractivity contribution < 1.29 is 35.9 Å². The van der Waals surface area contributed by atoms with E-state index < -0.39 is 35.2 Å². The van der Waals surface area contributed by atoms with Crippen molar-refractivity contribution in [2.45, 2.75) is 19.3 Å². The number of nitrogens with one attached hydrogen (secondary N) is 1. The van der Waals surface area contributed by atoms with Crippen LogP contribution in [0, 0.1) is 6.92 Å². The summed E-state index contributed by atoms with van der Waals surface area (Å²) in [6, 6.07) is 4.69. The molecular weight excluding hydrogens is 390 g/mol. The highest BCUT2D eigenvalue weighted by Gasteiger charge is 2.37. The van der Waals surface area contributed by atoms with Gasteiger partial charge in [0.05, 0.1) is 18.2 Å². The van der Waals surface area contributed by atoms with Crippen molar-refractivity contribution in [1.82, 2.24) is 0 Å². The lowest BCUT2D eigenvalue weighted by Crippen LogP contribution is -2.31. The fourth-order valence-electron chi connectivity index (χ4n) is 2.37. The first-order valence-electron chi connectivity index (χ1n) is 7.81. The molecule has 0 fully saturated rings. The van der Waals surface area contributed by atoms with Gasteiger partial charge in [0.2, 0.25) is 0 Å². The third kappa shape index (κ3) is 4.87. The van der Waals surface area contributed by atoms with Gasteiger partial charge < -0.3 is 10.1 Å². The molecule has 2 rings (SSSR count). The van der Waals surface area contributed by atoms with Crippen LogP contribution in [-0.4, -0.2) is 20.2 Å². The summed E-state index contributed by atoms with van der Waals surface area (Å²) < 4.78 is 82.6. The number of amides is 2. The molecule has 0 radical (unpaired) electrons. The van der Waals surface area contributed by atoms with Gasteiger partial charge in [-0.05, 0) is 36.8 Å². The summed E-state index contributed by atoms with van der Waals surface area (Å²) in [6.45, 7) is 1.77. The van der Waals surface area contributed by atoms with Crippen molar-refractivity contribution in [2.24, 2.45) is 0 Å². The summed E-state index contributed by atoms with van der Waals surface area (Å²) in [6.07, 6.45) is -10.0. The molecule has 0 heterocycles. The number of hydrogen-bond acceptors (Lipinski definition) is 2. The number of nitrogens with zero attached hydrogens (tertiary/aromatic N) is 1. The van der Waals surface area contributed by atoms with Crippen molar-refractivity contribution in [3.63, 3.8) is 0 Å². The van der Waals surface area contributed by atoms with Gasteiger partial charge in [0.25, 0.3) is 0 Å². The Kier molecular flexibility index (Phi) is 5.81. The normalized spacial score (nSPS) is 11.9.